The molecule has 2 aromatic rings. The molecule has 6 heteroatoms. The van der Waals surface area contributed by atoms with E-state index < -0.39 is 0 Å². The zero-order valence-corrected chi connectivity index (χ0v) is 15.0. The van der Waals surface area contributed by atoms with E-state index in [-0.39, 0.29) is 24.0 Å². The number of aryl methyl sites for hydroxylation is 1. The van der Waals surface area contributed by atoms with Crippen molar-refractivity contribution in [3.05, 3.63) is 58.2 Å². The largest absolute Gasteiger partial charge is 0.481 e. The molecule has 1 aromatic carbocycles. The Bertz CT molecular complexity index is 758. The highest BCUT2D eigenvalue weighted by molar-refractivity contribution is 6.31. The molecule has 0 bridgehead atoms. The van der Waals surface area contributed by atoms with E-state index in [0.717, 1.165) is 11.1 Å². The molecule has 1 amide bonds. The molecule has 1 fully saturated rings. The van der Waals surface area contributed by atoms with E-state index in [1.165, 1.54) is 0 Å². The lowest BCUT2D eigenvalue weighted by Crippen LogP contribution is -2.41. The highest BCUT2D eigenvalue weighted by atomic mass is 35.5. The summed E-state index contributed by atoms with van der Waals surface area (Å²) in [4.78, 5) is 16.9. The summed E-state index contributed by atoms with van der Waals surface area (Å²) < 4.78 is 5.09. The Morgan fingerprint density at radius 3 is 2.68 bits per heavy atom. The maximum Gasteiger partial charge on any atom is 0.251 e. The van der Waals surface area contributed by atoms with Crippen molar-refractivity contribution in [1.29, 1.82) is 0 Å². The standard InChI is InChI=1S/C19H21ClN2O3/c1-11-7-12(3-5-16(11)20)19(24)22-18(14-8-15(23)9-14)13-4-6-17(25-2)21-10-13/h3-7,10,14-15,18,23H,8-9H2,1-2H3,(H,22,24)/t14?,15?,18-/m0/s1. The number of nitrogens with zero attached hydrogens (tertiary/aromatic N) is 1. The van der Waals surface area contributed by atoms with Crippen LogP contribution >= 0.6 is 11.6 Å². The molecule has 3 rings (SSSR count). The predicted octanol–water partition coefficient (Wildman–Crippen LogP) is 3.29. The smallest absolute Gasteiger partial charge is 0.251 e. The molecule has 1 aromatic heterocycles. The molecule has 1 atom stereocenters. The first-order chi connectivity index (χ1) is 12.0. The van der Waals surface area contributed by atoms with E-state index in [4.69, 9.17) is 16.3 Å². The molecule has 132 valence electrons. The molecular weight excluding hydrogens is 340 g/mol. The fourth-order valence-electron chi connectivity index (χ4n) is 3.08. The monoisotopic (exact) mass is 360 g/mol. The number of nitrogens with one attached hydrogen (secondary N) is 1. The SMILES string of the molecule is COc1ccc([C@H](NC(=O)c2ccc(Cl)c(C)c2)C2CC(O)C2)cn1. The number of hydrogen-bond donors (Lipinski definition) is 2. The summed E-state index contributed by atoms with van der Waals surface area (Å²) in [7, 11) is 1.56. The number of halogens is 1. The third kappa shape index (κ3) is 3.94. The highest BCUT2D eigenvalue weighted by Crippen LogP contribution is 2.38. The van der Waals surface area contributed by atoms with Crippen molar-refractivity contribution in [2.75, 3.05) is 7.11 Å². The lowest BCUT2D eigenvalue weighted by atomic mass is 9.75. The lowest BCUT2D eigenvalue weighted by molar-refractivity contribution is 0.0234. The van der Waals surface area contributed by atoms with Gasteiger partial charge in [-0.3, -0.25) is 4.79 Å². The fourth-order valence-corrected chi connectivity index (χ4v) is 3.20. The van der Waals surface area contributed by atoms with E-state index >= 15 is 0 Å². The topological polar surface area (TPSA) is 71.5 Å². The third-order valence-corrected chi connectivity index (χ3v) is 5.08. The van der Waals surface area contributed by atoms with Crippen molar-refractivity contribution in [1.82, 2.24) is 10.3 Å². The van der Waals surface area contributed by atoms with Gasteiger partial charge >= 0.3 is 0 Å². The fraction of sp³-hybridized carbons (Fsp3) is 0.368. The van der Waals surface area contributed by atoms with E-state index in [0.29, 0.717) is 29.3 Å². The number of carbonyl (C=O) groups excluding carboxylic acids is 1. The Kier molecular flexibility index (Phi) is 5.25. The molecule has 5 nitrogen and oxygen atoms in total. The first kappa shape index (κ1) is 17.7. The number of aliphatic hydroxyl groups excluding tert-OH is 1. The average molecular weight is 361 g/mol. The van der Waals surface area contributed by atoms with Crippen LogP contribution in [0.3, 0.4) is 0 Å². The van der Waals surface area contributed by atoms with Crippen LogP contribution in [0.2, 0.25) is 5.02 Å². The second-order valence-corrected chi connectivity index (χ2v) is 6.84. The van der Waals surface area contributed by atoms with Gasteiger partial charge in [0.05, 0.1) is 19.3 Å². The number of carbonyl (C=O) groups is 1. The number of aliphatic hydroxyl groups is 1. The summed E-state index contributed by atoms with van der Waals surface area (Å²) in [6.45, 7) is 1.87. The number of methoxy groups -OCH3 is 1. The Morgan fingerprint density at radius 2 is 2.12 bits per heavy atom. The first-order valence-corrected chi connectivity index (χ1v) is 8.60. The van der Waals surface area contributed by atoms with Crippen LogP contribution in [0.15, 0.2) is 36.5 Å². The van der Waals surface area contributed by atoms with Crippen LogP contribution in [0.5, 0.6) is 5.88 Å². The van der Waals surface area contributed by atoms with Gasteiger partial charge in [0.2, 0.25) is 5.88 Å². The minimum Gasteiger partial charge on any atom is -0.481 e. The predicted molar refractivity (Wildman–Crippen MR) is 95.9 cm³/mol. The van der Waals surface area contributed by atoms with Gasteiger partial charge in [0.1, 0.15) is 0 Å². The van der Waals surface area contributed by atoms with E-state index in [1.54, 1.807) is 37.6 Å². The molecule has 0 radical (unpaired) electrons. The van der Waals surface area contributed by atoms with Gasteiger partial charge < -0.3 is 15.2 Å². The van der Waals surface area contributed by atoms with E-state index in [9.17, 15) is 9.90 Å². The molecule has 2 N–H and O–H groups in total. The molecule has 0 spiro atoms. The van der Waals surface area contributed by atoms with Gasteiger partial charge in [-0.15, -0.1) is 0 Å². The summed E-state index contributed by atoms with van der Waals surface area (Å²) in [5, 5.41) is 13.4. The first-order valence-electron chi connectivity index (χ1n) is 8.23. The maximum absolute atomic E-state index is 12.7. The summed E-state index contributed by atoms with van der Waals surface area (Å²) in [6.07, 6.45) is 2.74. The van der Waals surface area contributed by atoms with Crippen LogP contribution in [-0.4, -0.2) is 29.2 Å². The second kappa shape index (κ2) is 7.42. The van der Waals surface area contributed by atoms with Gasteiger partial charge in [-0.2, -0.15) is 0 Å². The van der Waals surface area contributed by atoms with E-state index in [1.807, 2.05) is 13.0 Å². The summed E-state index contributed by atoms with van der Waals surface area (Å²) in [5.41, 5.74) is 2.32. The molecule has 1 heterocycles. The van der Waals surface area contributed by atoms with Crippen molar-refractivity contribution in [2.45, 2.75) is 31.9 Å². The van der Waals surface area contributed by atoms with Crippen LogP contribution in [0.25, 0.3) is 0 Å². The quantitative estimate of drug-likeness (QED) is 0.858. The summed E-state index contributed by atoms with van der Waals surface area (Å²) in [5.74, 6) is 0.542. The Hall–Kier alpha value is -2.11. The lowest BCUT2D eigenvalue weighted by Gasteiger charge is -2.38. The minimum absolute atomic E-state index is 0.165. The Balaban J connectivity index is 1.81. The van der Waals surface area contributed by atoms with Crippen molar-refractivity contribution >= 4 is 17.5 Å². The summed E-state index contributed by atoms with van der Waals surface area (Å²) >= 11 is 6.03. The molecular formula is C19H21ClN2O3. The van der Waals surface area contributed by atoms with Gasteiger partial charge in [-0.05, 0) is 55.0 Å². The zero-order valence-electron chi connectivity index (χ0n) is 14.2. The minimum atomic E-state index is -0.298. The molecule has 0 unspecified atom stereocenters. The molecule has 0 aliphatic heterocycles. The van der Waals surface area contributed by atoms with E-state index in [2.05, 4.69) is 10.3 Å². The van der Waals surface area contributed by atoms with Gasteiger partial charge in [0.25, 0.3) is 5.91 Å². The van der Waals surface area contributed by atoms with Crippen molar-refractivity contribution in [2.24, 2.45) is 5.92 Å². The molecule has 1 aliphatic rings. The van der Waals surface area contributed by atoms with Crippen LogP contribution in [0.4, 0.5) is 0 Å². The van der Waals surface area contributed by atoms with Crippen LogP contribution < -0.4 is 10.1 Å². The zero-order chi connectivity index (χ0) is 18.0. The number of pyridine rings is 1. The maximum atomic E-state index is 12.7. The van der Waals surface area contributed by atoms with Crippen LogP contribution in [0, 0.1) is 12.8 Å². The second-order valence-electron chi connectivity index (χ2n) is 6.43. The number of benzene rings is 1. The number of aromatic nitrogens is 1. The van der Waals surface area contributed by atoms with Gasteiger partial charge in [-0.1, -0.05) is 17.7 Å². The van der Waals surface area contributed by atoms with Crippen molar-refractivity contribution in [3.8, 4) is 5.88 Å². The van der Waals surface area contributed by atoms with Gasteiger partial charge in [0, 0.05) is 22.8 Å². The number of ether oxygens (including phenoxy) is 1. The van der Waals surface area contributed by atoms with Crippen LogP contribution in [-0.2, 0) is 0 Å². The third-order valence-electron chi connectivity index (χ3n) is 4.66. The Labute approximate surface area is 152 Å². The Morgan fingerprint density at radius 1 is 1.36 bits per heavy atom. The average Bonchev–Trinajstić information content (AvgIpc) is 2.59. The van der Waals surface area contributed by atoms with Crippen LogP contribution in [0.1, 0.15) is 40.4 Å². The summed E-state index contributed by atoms with van der Waals surface area (Å²) in [6, 6.07) is 8.68. The van der Waals surface area contributed by atoms with Crippen molar-refractivity contribution < 1.29 is 14.6 Å². The normalized spacial score (nSPS) is 20.5. The van der Waals surface area contributed by atoms with Gasteiger partial charge in [-0.25, -0.2) is 4.98 Å². The number of rotatable bonds is 5. The number of amides is 1. The molecule has 1 saturated carbocycles. The number of hydrogen-bond acceptors (Lipinski definition) is 4. The van der Waals surface area contributed by atoms with Gasteiger partial charge in [0.15, 0.2) is 0 Å². The molecule has 1 aliphatic carbocycles. The highest BCUT2D eigenvalue weighted by Gasteiger charge is 2.36. The molecule has 25 heavy (non-hydrogen) atoms. The van der Waals surface area contributed by atoms with Crippen molar-refractivity contribution in [3.63, 3.8) is 0 Å². The molecule has 0 saturated heterocycles.